The van der Waals surface area contributed by atoms with Gasteiger partial charge in [-0.05, 0) is 25.0 Å². The fourth-order valence-electron chi connectivity index (χ4n) is 3.57. The van der Waals surface area contributed by atoms with Gasteiger partial charge in [0, 0.05) is 38.4 Å². The second-order valence-electron chi connectivity index (χ2n) is 6.63. The van der Waals surface area contributed by atoms with E-state index in [9.17, 15) is 9.59 Å². The van der Waals surface area contributed by atoms with Crippen LogP contribution in [0.3, 0.4) is 0 Å². The van der Waals surface area contributed by atoms with Crippen LogP contribution in [-0.4, -0.2) is 53.9 Å². The zero-order valence-corrected chi connectivity index (χ0v) is 14.3. The van der Waals surface area contributed by atoms with Gasteiger partial charge < -0.3 is 14.5 Å². The van der Waals surface area contributed by atoms with Crippen LogP contribution in [-0.2, 0) is 9.59 Å². The highest BCUT2D eigenvalue weighted by atomic mass is 16.5. The van der Waals surface area contributed by atoms with Crippen LogP contribution >= 0.6 is 0 Å². The zero-order valence-electron chi connectivity index (χ0n) is 14.3. The predicted octanol–water partition coefficient (Wildman–Crippen LogP) is 2.31. The van der Waals surface area contributed by atoms with E-state index in [2.05, 4.69) is 0 Å². The first kappa shape index (κ1) is 16.8. The van der Waals surface area contributed by atoms with Gasteiger partial charge in [0.2, 0.25) is 11.8 Å². The van der Waals surface area contributed by atoms with E-state index in [0.29, 0.717) is 26.1 Å². The molecule has 1 atom stereocenters. The van der Waals surface area contributed by atoms with Crippen LogP contribution < -0.4 is 4.74 Å². The molecule has 0 unspecified atom stereocenters. The first-order chi connectivity index (χ1) is 11.7. The summed E-state index contributed by atoms with van der Waals surface area (Å²) in [5.74, 6) is 1.35. The highest BCUT2D eigenvalue weighted by Crippen LogP contribution is 2.24. The molecular formula is C19H26N2O3. The summed E-state index contributed by atoms with van der Waals surface area (Å²) in [4.78, 5) is 28.3. The normalized spacial score (nSPS) is 21.8. The molecule has 0 aliphatic carbocycles. The molecule has 2 amide bonds. The Morgan fingerprint density at radius 1 is 1.04 bits per heavy atom. The van der Waals surface area contributed by atoms with Gasteiger partial charge in [0.25, 0.3) is 0 Å². The first-order valence-corrected chi connectivity index (χ1v) is 8.95. The minimum absolute atomic E-state index is 0.0568. The van der Waals surface area contributed by atoms with E-state index in [1.54, 1.807) is 0 Å². The summed E-state index contributed by atoms with van der Waals surface area (Å²) in [7, 11) is 0. The van der Waals surface area contributed by atoms with Crippen LogP contribution in [0.5, 0.6) is 5.75 Å². The van der Waals surface area contributed by atoms with E-state index in [-0.39, 0.29) is 23.8 Å². The maximum Gasteiger partial charge on any atom is 0.225 e. The van der Waals surface area contributed by atoms with Crippen molar-refractivity contribution in [1.29, 1.82) is 0 Å². The first-order valence-electron chi connectivity index (χ1n) is 8.95. The van der Waals surface area contributed by atoms with Gasteiger partial charge in [-0.2, -0.15) is 0 Å². The van der Waals surface area contributed by atoms with E-state index < -0.39 is 0 Å². The lowest BCUT2D eigenvalue weighted by Crippen LogP contribution is -2.44. The van der Waals surface area contributed by atoms with Gasteiger partial charge in [-0.25, -0.2) is 0 Å². The van der Waals surface area contributed by atoms with Gasteiger partial charge in [0.05, 0.1) is 6.54 Å². The molecule has 2 heterocycles. The number of carbonyl (C=O) groups excluding carboxylic acids is 2. The molecule has 0 aromatic heterocycles. The Labute approximate surface area is 143 Å². The molecule has 2 aliphatic heterocycles. The number of hydrogen-bond donors (Lipinski definition) is 0. The van der Waals surface area contributed by atoms with Crippen molar-refractivity contribution in [3.8, 4) is 5.75 Å². The van der Waals surface area contributed by atoms with Crippen molar-refractivity contribution in [2.45, 2.75) is 38.7 Å². The molecule has 2 saturated heterocycles. The average Bonchev–Trinajstić information content (AvgIpc) is 3.10. The van der Waals surface area contributed by atoms with Gasteiger partial charge in [0.15, 0.2) is 0 Å². The zero-order chi connectivity index (χ0) is 16.9. The number of piperidine rings is 1. The van der Waals surface area contributed by atoms with Crippen LogP contribution in [0.2, 0.25) is 0 Å². The number of benzene rings is 1. The summed E-state index contributed by atoms with van der Waals surface area (Å²) in [6, 6.07) is 9.78. The Kier molecular flexibility index (Phi) is 5.38. The Morgan fingerprint density at radius 3 is 2.38 bits per heavy atom. The Hall–Kier alpha value is -2.04. The molecule has 5 heteroatoms. The molecule has 0 bridgehead atoms. The number of likely N-dealkylation sites (tertiary alicyclic amines) is 2. The number of nitrogens with zero attached hydrogens (tertiary/aromatic N) is 2. The van der Waals surface area contributed by atoms with Crippen LogP contribution in [0, 0.1) is 5.92 Å². The number of rotatable bonds is 4. The predicted molar refractivity (Wildman–Crippen MR) is 91.7 cm³/mol. The molecule has 0 radical (unpaired) electrons. The van der Waals surface area contributed by atoms with Gasteiger partial charge in [-0.1, -0.05) is 25.1 Å². The van der Waals surface area contributed by atoms with Gasteiger partial charge in [0.1, 0.15) is 11.9 Å². The number of hydrogen-bond acceptors (Lipinski definition) is 3. The monoisotopic (exact) mass is 330 g/mol. The van der Waals surface area contributed by atoms with Crippen molar-refractivity contribution in [3.05, 3.63) is 30.3 Å². The van der Waals surface area contributed by atoms with E-state index in [1.165, 1.54) is 0 Å². The SMILES string of the molecule is CCC(=O)N1CCC(C(=O)N2CC[C@@H](Oc3ccccc3)C2)CC1. The summed E-state index contributed by atoms with van der Waals surface area (Å²) in [5, 5.41) is 0. The smallest absolute Gasteiger partial charge is 0.225 e. The molecule has 24 heavy (non-hydrogen) atoms. The fourth-order valence-corrected chi connectivity index (χ4v) is 3.57. The lowest BCUT2D eigenvalue weighted by Gasteiger charge is -2.33. The molecule has 0 N–H and O–H groups in total. The highest BCUT2D eigenvalue weighted by molar-refractivity contribution is 5.80. The third-order valence-electron chi connectivity index (χ3n) is 5.00. The maximum atomic E-state index is 12.7. The second-order valence-corrected chi connectivity index (χ2v) is 6.63. The minimum atomic E-state index is 0.0568. The Balaban J connectivity index is 1.48. The molecule has 5 nitrogen and oxygen atoms in total. The lowest BCUT2D eigenvalue weighted by atomic mass is 9.95. The topological polar surface area (TPSA) is 49.9 Å². The van der Waals surface area contributed by atoms with Crippen molar-refractivity contribution in [3.63, 3.8) is 0 Å². The lowest BCUT2D eigenvalue weighted by molar-refractivity contribution is -0.140. The fraction of sp³-hybridized carbons (Fsp3) is 0.579. The van der Waals surface area contributed by atoms with Gasteiger partial charge in [-0.15, -0.1) is 0 Å². The summed E-state index contributed by atoms with van der Waals surface area (Å²) in [6.45, 7) is 4.74. The van der Waals surface area contributed by atoms with Gasteiger partial charge in [-0.3, -0.25) is 9.59 Å². The van der Waals surface area contributed by atoms with Crippen LogP contribution in [0.15, 0.2) is 30.3 Å². The molecule has 2 aliphatic rings. The van der Waals surface area contributed by atoms with Crippen LogP contribution in [0.4, 0.5) is 0 Å². The number of carbonyl (C=O) groups is 2. The number of ether oxygens (including phenoxy) is 1. The molecule has 3 rings (SSSR count). The van der Waals surface area contributed by atoms with Gasteiger partial charge >= 0.3 is 0 Å². The van der Waals surface area contributed by atoms with Crippen molar-refractivity contribution in [2.24, 2.45) is 5.92 Å². The Morgan fingerprint density at radius 2 is 1.71 bits per heavy atom. The average molecular weight is 330 g/mol. The second kappa shape index (κ2) is 7.69. The highest BCUT2D eigenvalue weighted by Gasteiger charge is 2.34. The summed E-state index contributed by atoms with van der Waals surface area (Å²) in [5.41, 5.74) is 0. The van der Waals surface area contributed by atoms with Crippen molar-refractivity contribution >= 4 is 11.8 Å². The molecule has 0 spiro atoms. The largest absolute Gasteiger partial charge is 0.489 e. The molecule has 1 aromatic rings. The van der Waals surface area contributed by atoms with Crippen LogP contribution in [0.25, 0.3) is 0 Å². The molecule has 130 valence electrons. The number of para-hydroxylation sites is 1. The summed E-state index contributed by atoms with van der Waals surface area (Å²) in [6.07, 6.45) is 3.08. The molecule has 0 saturated carbocycles. The molecule has 2 fully saturated rings. The quantitative estimate of drug-likeness (QED) is 0.851. The third kappa shape index (κ3) is 3.89. The van der Waals surface area contributed by atoms with E-state index >= 15 is 0 Å². The van der Waals surface area contributed by atoms with Crippen molar-refractivity contribution in [2.75, 3.05) is 26.2 Å². The molecule has 1 aromatic carbocycles. The van der Waals surface area contributed by atoms with E-state index in [4.69, 9.17) is 4.74 Å². The summed E-state index contributed by atoms with van der Waals surface area (Å²) < 4.78 is 5.96. The summed E-state index contributed by atoms with van der Waals surface area (Å²) >= 11 is 0. The standard InChI is InChI=1S/C19H26N2O3/c1-2-18(22)20-11-8-15(9-12-20)19(23)21-13-10-17(14-21)24-16-6-4-3-5-7-16/h3-7,15,17H,2,8-14H2,1H3/t17-/m1/s1. The maximum absolute atomic E-state index is 12.7. The van der Waals surface area contributed by atoms with Crippen molar-refractivity contribution in [1.82, 2.24) is 9.80 Å². The minimum Gasteiger partial charge on any atom is -0.489 e. The van der Waals surface area contributed by atoms with Crippen molar-refractivity contribution < 1.29 is 14.3 Å². The van der Waals surface area contributed by atoms with E-state index in [0.717, 1.165) is 31.6 Å². The third-order valence-corrected chi connectivity index (χ3v) is 5.00. The van der Waals surface area contributed by atoms with Crippen LogP contribution in [0.1, 0.15) is 32.6 Å². The van der Waals surface area contributed by atoms with E-state index in [1.807, 2.05) is 47.1 Å². The molecular weight excluding hydrogens is 304 g/mol. The number of amides is 2. The Bertz CT molecular complexity index is 567.